The molecule has 0 unspecified atom stereocenters. The zero-order chi connectivity index (χ0) is 23.6. The van der Waals surface area contributed by atoms with Gasteiger partial charge in [-0.15, -0.1) is 11.8 Å². The Kier molecular flexibility index (Phi) is 9.48. The average molecular weight is 471 g/mol. The van der Waals surface area contributed by atoms with Crippen LogP contribution in [0.2, 0.25) is 0 Å². The third-order valence-corrected chi connectivity index (χ3v) is 7.01. The van der Waals surface area contributed by atoms with Crippen LogP contribution in [0.15, 0.2) is 41.3 Å². The van der Waals surface area contributed by atoms with E-state index in [1.165, 1.54) is 43.9 Å². The molecule has 6 nitrogen and oxygen atoms in total. The molecule has 0 atom stereocenters. The van der Waals surface area contributed by atoms with Gasteiger partial charge in [0.1, 0.15) is 0 Å². The summed E-state index contributed by atoms with van der Waals surface area (Å²) < 4.78 is 10.7. The summed E-state index contributed by atoms with van der Waals surface area (Å²) in [6, 6.07) is 11.2. The molecule has 33 heavy (non-hydrogen) atoms. The van der Waals surface area contributed by atoms with Crippen molar-refractivity contribution in [2.45, 2.75) is 62.8 Å². The van der Waals surface area contributed by atoms with Gasteiger partial charge in [-0.2, -0.15) is 0 Å². The van der Waals surface area contributed by atoms with Gasteiger partial charge in [-0.25, -0.2) is 0 Å². The van der Waals surface area contributed by atoms with Crippen LogP contribution in [-0.4, -0.2) is 37.8 Å². The predicted molar refractivity (Wildman–Crippen MR) is 134 cm³/mol. The van der Waals surface area contributed by atoms with Crippen LogP contribution < -0.4 is 20.1 Å². The first-order chi connectivity index (χ1) is 16.0. The van der Waals surface area contributed by atoms with Crippen molar-refractivity contribution in [3.63, 3.8) is 0 Å². The van der Waals surface area contributed by atoms with Crippen LogP contribution in [0.25, 0.3) is 0 Å². The highest BCUT2D eigenvalue weighted by molar-refractivity contribution is 8.00. The van der Waals surface area contributed by atoms with E-state index in [0.717, 1.165) is 23.3 Å². The molecule has 0 heterocycles. The Balaban J connectivity index is 1.64. The topological polar surface area (TPSA) is 76.7 Å². The Labute approximate surface area is 200 Å². The molecule has 1 aliphatic carbocycles. The number of hydrogen-bond acceptors (Lipinski definition) is 5. The van der Waals surface area contributed by atoms with Gasteiger partial charge in [0.15, 0.2) is 11.5 Å². The van der Waals surface area contributed by atoms with Crippen molar-refractivity contribution in [1.29, 1.82) is 0 Å². The Morgan fingerprint density at radius 3 is 2.30 bits per heavy atom. The first-order valence-corrected chi connectivity index (χ1v) is 12.6. The second-order valence-corrected chi connectivity index (χ2v) is 9.39. The number of thioether (sulfide) groups is 1. The number of methoxy groups -OCH3 is 2. The monoisotopic (exact) mass is 470 g/mol. The molecule has 1 aliphatic rings. The summed E-state index contributed by atoms with van der Waals surface area (Å²) in [5.74, 6) is 1.24. The normalized spacial score (nSPS) is 14.6. The highest BCUT2D eigenvalue weighted by atomic mass is 32.2. The van der Waals surface area contributed by atoms with E-state index >= 15 is 0 Å². The molecule has 2 N–H and O–H groups in total. The van der Waals surface area contributed by atoms with Gasteiger partial charge >= 0.3 is 0 Å². The Hall–Kier alpha value is -2.67. The molecule has 178 valence electrons. The van der Waals surface area contributed by atoms with E-state index in [1.807, 2.05) is 31.2 Å². The van der Waals surface area contributed by atoms with Crippen LogP contribution in [0.1, 0.15) is 60.9 Å². The number of benzene rings is 2. The molecule has 2 aromatic carbocycles. The van der Waals surface area contributed by atoms with Crippen LogP contribution in [0.4, 0.5) is 5.69 Å². The lowest BCUT2D eigenvalue weighted by atomic mass is 9.97. The van der Waals surface area contributed by atoms with Crippen molar-refractivity contribution in [2.75, 3.05) is 25.3 Å². The first kappa shape index (κ1) is 25.0. The van der Waals surface area contributed by atoms with Crippen molar-refractivity contribution >= 4 is 29.3 Å². The molecule has 1 fully saturated rings. The molecular formula is C26H34N2O4S. The van der Waals surface area contributed by atoms with Gasteiger partial charge in [0, 0.05) is 22.7 Å². The molecule has 3 rings (SSSR count). The third kappa shape index (κ3) is 7.16. The number of carbonyl (C=O) groups is 2. The van der Waals surface area contributed by atoms with E-state index in [-0.39, 0.29) is 23.6 Å². The lowest BCUT2D eigenvalue weighted by Crippen LogP contribution is -2.36. The Morgan fingerprint density at radius 2 is 1.61 bits per heavy atom. The highest BCUT2D eigenvalue weighted by Crippen LogP contribution is 2.33. The Bertz CT molecular complexity index is 955. The number of rotatable bonds is 8. The Morgan fingerprint density at radius 1 is 0.970 bits per heavy atom. The number of aryl methyl sites for hydroxylation is 1. The highest BCUT2D eigenvalue weighted by Gasteiger charge is 2.18. The average Bonchev–Trinajstić information content (AvgIpc) is 2.80. The maximum absolute atomic E-state index is 13.1. The van der Waals surface area contributed by atoms with Crippen LogP contribution in [0.3, 0.4) is 0 Å². The number of carbonyl (C=O) groups excluding carboxylic acids is 2. The summed E-state index contributed by atoms with van der Waals surface area (Å²) in [5.41, 5.74) is 2.06. The van der Waals surface area contributed by atoms with Crippen molar-refractivity contribution in [3.8, 4) is 11.5 Å². The fraction of sp³-hybridized carbons (Fsp3) is 0.462. The van der Waals surface area contributed by atoms with Crippen molar-refractivity contribution in [3.05, 3.63) is 47.5 Å². The van der Waals surface area contributed by atoms with Gasteiger partial charge in [0.25, 0.3) is 5.91 Å². The van der Waals surface area contributed by atoms with Gasteiger partial charge in [-0.3, -0.25) is 9.59 Å². The molecular weight excluding hydrogens is 436 g/mol. The molecule has 1 saturated carbocycles. The number of nitrogens with one attached hydrogen (secondary N) is 2. The number of ether oxygens (including phenoxy) is 2. The van der Waals surface area contributed by atoms with Gasteiger partial charge in [-0.05, 0) is 43.5 Å². The first-order valence-electron chi connectivity index (χ1n) is 11.6. The zero-order valence-electron chi connectivity index (χ0n) is 19.7. The lowest BCUT2D eigenvalue weighted by Gasteiger charge is -2.21. The smallest absolute Gasteiger partial charge is 0.256 e. The van der Waals surface area contributed by atoms with Crippen molar-refractivity contribution in [2.24, 2.45) is 0 Å². The number of amides is 2. The van der Waals surface area contributed by atoms with Crippen molar-refractivity contribution < 1.29 is 19.1 Å². The van der Waals surface area contributed by atoms with Gasteiger partial charge in [0.05, 0.1) is 25.5 Å². The summed E-state index contributed by atoms with van der Waals surface area (Å²) in [5, 5.41) is 6.16. The number of anilines is 1. The minimum atomic E-state index is -0.228. The van der Waals surface area contributed by atoms with Crippen LogP contribution in [0.5, 0.6) is 11.5 Å². The van der Waals surface area contributed by atoms with E-state index < -0.39 is 0 Å². The van der Waals surface area contributed by atoms with Crippen molar-refractivity contribution in [1.82, 2.24) is 5.32 Å². The quantitative estimate of drug-likeness (QED) is 0.492. The molecule has 2 amide bonds. The molecule has 0 aliphatic heterocycles. The maximum atomic E-state index is 13.1. The molecule has 0 bridgehead atoms. The summed E-state index contributed by atoms with van der Waals surface area (Å²) in [4.78, 5) is 26.4. The standard InChI is InChI=1S/C26H34N2O4S/c1-18-15-22(31-2)23(32-3)16-21(18)28-26(30)20-13-9-10-14-24(20)33-17-25(29)27-19-11-7-5-4-6-8-12-19/h9-10,13-16,19H,4-8,11-12,17H2,1-3H3,(H,27,29)(H,28,30). The molecule has 7 heteroatoms. The van der Waals surface area contributed by atoms with E-state index in [1.54, 1.807) is 26.4 Å². The van der Waals surface area contributed by atoms with E-state index in [9.17, 15) is 9.59 Å². The summed E-state index contributed by atoms with van der Waals surface area (Å²) in [7, 11) is 3.14. The molecule has 0 aromatic heterocycles. The fourth-order valence-electron chi connectivity index (χ4n) is 4.10. The maximum Gasteiger partial charge on any atom is 0.256 e. The largest absolute Gasteiger partial charge is 0.493 e. The second-order valence-electron chi connectivity index (χ2n) is 8.37. The van der Waals surface area contributed by atoms with E-state index in [4.69, 9.17) is 9.47 Å². The minimum absolute atomic E-state index is 0.0246. The molecule has 0 radical (unpaired) electrons. The lowest BCUT2D eigenvalue weighted by molar-refractivity contribution is -0.119. The summed E-state index contributed by atoms with van der Waals surface area (Å²) in [6.45, 7) is 1.90. The molecule has 2 aromatic rings. The predicted octanol–water partition coefficient (Wildman–Crippen LogP) is 5.59. The van der Waals surface area contributed by atoms with Gasteiger partial charge in [0.2, 0.25) is 5.91 Å². The zero-order valence-corrected chi connectivity index (χ0v) is 20.6. The van der Waals surface area contributed by atoms with Crippen LogP contribution in [0, 0.1) is 6.92 Å². The number of hydrogen-bond donors (Lipinski definition) is 2. The molecule has 0 spiro atoms. The van der Waals surface area contributed by atoms with Crippen LogP contribution in [-0.2, 0) is 4.79 Å². The minimum Gasteiger partial charge on any atom is -0.493 e. The van der Waals surface area contributed by atoms with Crippen LogP contribution >= 0.6 is 11.8 Å². The molecule has 0 saturated heterocycles. The third-order valence-electron chi connectivity index (χ3n) is 5.94. The summed E-state index contributed by atoms with van der Waals surface area (Å²) >= 11 is 1.39. The summed E-state index contributed by atoms with van der Waals surface area (Å²) in [6.07, 6.45) is 8.28. The second kappa shape index (κ2) is 12.5. The van der Waals surface area contributed by atoms with E-state index in [0.29, 0.717) is 22.7 Å². The van der Waals surface area contributed by atoms with Gasteiger partial charge in [-0.1, -0.05) is 44.2 Å². The SMILES string of the molecule is COc1cc(C)c(NC(=O)c2ccccc2SCC(=O)NC2CCCCCCC2)cc1OC. The van der Waals surface area contributed by atoms with Gasteiger partial charge < -0.3 is 20.1 Å². The fourth-order valence-corrected chi connectivity index (χ4v) is 4.96. The van der Waals surface area contributed by atoms with E-state index in [2.05, 4.69) is 10.6 Å².